The maximum absolute atomic E-state index is 4.58. The van der Waals surface area contributed by atoms with Gasteiger partial charge in [-0.05, 0) is 13.3 Å². The van der Waals surface area contributed by atoms with Gasteiger partial charge in [-0.2, -0.15) is 0 Å². The van der Waals surface area contributed by atoms with Crippen molar-refractivity contribution in [2.24, 2.45) is 4.99 Å². The van der Waals surface area contributed by atoms with E-state index in [0.29, 0.717) is 12.5 Å². The summed E-state index contributed by atoms with van der Waals surface area (Å²) in [6.07, 6.45) is 1.10. The van der Waals surface area contributed by atoms with Crippen LogP contribution >= 0.6 is 11.3 Å². The maximum atomic E-state index is 4.58. The number of hydrogen-bond donors (Lipinski definition) is 2. The van der Waals surface area contributed by atoms with Crippen LogP contribution in [-0.4, -0.2) is 24.0 Å². The zero-order chi connectivity index (χ0) is 13.4. The molecule has 1 heterocycles. The number of guanidine groups is 1. The van der Waals surface area contributed by atoms with Gasteiger partial charge in [0.05, 0.1) is 17.2 Å². The molecule has 2 N–H and O–H groups in total. The molecule has 5 heteroatoms. The topological polar surface area (TPSA) is 49.3 Å². The summed E-state index contributed by atoms with van der Waals surface area (Å²) in [6.45, 7) is 11.0. The van der Waals surface area contributed by atoms with Crippen molar-refractivity contribution in [3.8, 4) is 0 Å². The van der Waals surface area contributed by atoms with E-state index >= 15 is 0 Å². The van der Waals surface area contributed by atoms with Gasteiger partial charge in [0.1, 0.15) is 0 Å². The SMILES string of the molecule is CCCNC(=NCc1csc(C(C)C)n1)NCC. The molecule has 0 atom stereocenters. The van der Waals surface area contributed by atoms with Crippen LogP contribution in [0.3, 0.4) is 0 Å². The lowest BCUT2D eigenvalue weighted by Crippen LogP contribution is -2.37. The van der Waals surface area contributed by atoms with Gasteiger partial charge in [0.15, 0.2) is 5.96 Å². The van der Waals surface area contributed by atoms with Crippen LogP contribution in [0.15, 0.2) is 10.4 Å². The normalized spacial score (nSPS) is 11.9. The van der Waals surface area contributed by atoms with Gasteiger partial charge in [0.2, 0.25) is 0 Å². The van der Waals surface area contributed by atoms with E-state index in [2.05, 4.69) is 53.7 Å². The van der Waals surface area contributed by atoms with E-state index in [9.17, 15) is 0 Å². The highest BCUT2D eigenvalue weighted by Gasteiger charge is 2.05. The summed E-state index contributed by atoms with van der Waals surface area (Å²) in [5.74, 6) is 1.37. The molecule has 0 bridgehead atoms. The van der Waals surface area contributed by atoms with Crippen molar-refractivity contribution in [2.75, 3.05) is 13.1 Å². The number of nitrogens with zero attached hydrogens (tertiary/aromatic N) is 2. The maximum Gasteiger partial charge on any atom is 0.191 e. The van der Waals surface area contributed by atoms with Gasteiger partial charge in [-0.15, -0.1) is 11.3 Å². The lowest BCUT2D eigenvalue weighted by atomic mass is 10.2. The van der Waals surface area contributed by atoms with Crippen molar-refractivity contribution in [3.05, 3.63) is 16.1 Å². The molecule has 0 aliphatic rings. The first-order chi connectivity index (χ1) is 8.67. The van der Waals surface area contributed by atoms with E-state index in [0.717, 1.165) is 31.2 Å². The second kappa shape index (κ2) is 8.08. The van der Waals surface area contributed by atoms with Crippen LogP contribution in [0.5, 0.6) is 0 Å². The van der Waals surface area contributed by atoms with Crippen LogP contribution in [0.1, 0.15) is 50.7 Å². The third kappa shape index (κ3) is 5.04. The zero-order valence-corrected chi connectivity index (χ0v) is 12.6. The summed E-state index contributed by atoms with van der Waals surface area (Å²) in [5, 5.41) is 9.80. The average molecular weight is 268 g/mol. The molecule has 0 unspecified atom stereocenters. The Morgan fingerprint density at radius 2 is 2.17 bits per heavy atom. The third-order valence-corrected chi connectivity index (χ3v) is 3.54. The van der Waals surface area contributed by atoms with Gasteiger partial charge in [0, 0.05) is 24.4 Å². The largest absolute Gasteiger partial charge is 0.357 e. The number of aliphatic imine (C=N–C) groups is 1. The van der Waals surface area contributed by atoms with Crippen molar-refractivity contribution in [1.29, 1.82) is 0 Å². The zero-order valence-electron chi connectivity index (χ0n) is 11.8. The van der Waals surface area contributed by atoms with E-state index < -0.39 is 0 Å². The van der Waals surface area contributed by atoms with Crippen LogP contribution in [0, 0.1) is 0 Å². The standard InChI is InChI=1S/C13H24N4S/c1-5-7-15-13(14-6-2)16-8-11-9-18-12(17-11)10(3)4/h9-10H,5-8H2,1-4H3,(H2,14,15,16). The molecule has 0 amide bonds. The number of nitrogens with one attached hydrogen (secondary N) is 2. The lowest BCUT2D eigenvalue weighted by molar-refractivity contribution is 0.781. The molecule has 102 valence electrons. The van der Waals surface area contributed by atoms with Gasteiger partial charge < -0.3 is 10.6 Å². The van der Waals surface area contributed by atoms with Crippen molar-refractivity contribution < 1.29 is 0 Å². The Hall–Kier alpha value is -1.10. The fraction of sp³-hybridized carbons (Fsp3) is 0.692. The van der Waals surface area contributed by atoms with E-state index in [1.54, 1.807) is 11.3 Å². The molecule has 0 aliphatic heterocycles. The highest BCUT2D eigenvalue weighted by Crippen LogP contribution is 2.19. The fourth-order valence-electron chi connectivity index (χ4n) is 1.41. The first-order valence-electron chi connectivity index (χ1n) is 6.63. The molecule has 18 heavy (non-hydrogen) atoms. The predicted molar refractivity (Wildman–Crippen MR) is 79.3 cm³/mol. The summed E-state index contributed by atoms with van der Waals surface area (Å²) >= 11 is 1.72. The van der Waals surface area contributed by atoms with Gasteiger partial charge in [-0.3, -0.25) is 0 Å². The Morgan fingerprint density at radius 3 is 2.72 bits per heavy atom. The smallest absolute Gasteiger partial charge is 0.191 e. The highest BCUT2D eigenvalue weighted by molar-refractivity contribution is 7.09. The molecule has 0 spiro atoms. The van der Waals surface area contributed by atoms with E-state index in [1.807, 2.05) is 0 Å². The summed E-state index contributed by atoms with van der Waals surface area (Å²) < 4.78 is 0. The molecular weight excluding hydrogens is 244 g/mol. The molecule has 0 aromatic carbocycles. The number of thiazole rings is 1. The molecule has 0 radical (unpaired) electrons. The molecule has 0 saturated heterocycles. The fourth-order valence-corrected chi connectivity index (χ4v) is 2.23. The number of aromatic nitrogens is 1. The number of rotatable bonds is 6. The van der Waals surface area contributed by atoms with Crippen LogP contribution in [-0.2, 0) is 6.54 Å². The molecule has 0 saturated carbocycles. The van der Waals surface area contributed by atoms with Crippen molar-refractivity contribution in [1.82, 2.24) is 15.6 Å². The Bertz CT molecular complexity index is 371. The van der Waals surface area contributed by atoms with Crippen LogP contribution in [0.4, 0.5) is 0 Å². The molecule has 1 aromatic heterocycles. The van der Waals surface area contributed by atoms with Gasteiger partial charge >= 0.3 is 0 Å². The summed E-state index contributed by atoms with van der Waals surface area (Å²) in [5.41, 5.74) is 1.05. The first kappa shape index (κ1) is 15.0. The molecule has 1 rings (SSSR count). The average Bonchev–Trinajstić information content (AvgIpc) is 2.81. The summed E-state index contributed by atoms with van der Waals surface area (Å²) in [7, 11) is 0. The molecule has 0 aliphatic carbocycles. The predicted octanol–water partition coefficient (Wildman–Crippen LogP) is 2.73. The quantitative estimate of drug-likeness (QED) is 0.616. The third-order valence-electron chi connectivity index (χ3n) is 2.35. The minimum atomic E-state index is 0.499. The summed E-state index contributed by atoms with van der Waals surface area (Å²) in [6, 6.07) is 0. The van der Waals surface area contributed by atoms with Crippen molar-refractivity contribution >= 4 is 17.3 Å². The van der Waals surface area contributed by atoms with E-state index in [4.69, 9.17) is 0 Å². The Kier molecular flexibility index (Phi) is 6.72. The highest BCUT2D eigenvalue weighted by atomic mass is 32.1. The van der Waals surface area contributed by atoms with Crippen molar-refractivity contribution in [2.45, 2.75) is 46.6 Å². The van der Waals surface area contributed by atoms with Gasteiger partial charge in [0.25, 0.3) is 0 Å². The minimum Gasteiger partial charge on any atom is -0.357 e. The second-order valence-corrected chi connectivity index (χ2v) is 5.34. The Balaban J connectivity index is 2.56. The van der Waals surface area contributed by atoms with E-state index in [1.165, 1.54) is 5.01 Å². The molecule has 1 aromatic rings. The van der Waals surface area contributed by atoms with Crippen LogP contribution in [0.25, 0.3) is 0 Å². The van der Waals surface area contributed by atoms with Crippen molar-refractivity contribution in [3.63, 3.8) is 0 Å². The summed E-state index contributed by atoms with van der Waals surface area (Å²) in [4.78, 5) is 9.11. The monoisotopic (exact) mass is 268 g/mol. The molecular formula is C13H24N4S. The lowest BCUT2D eigenvalue weighted by Gasteiger charge is -2.09. The van der Waals surface area contributed by atoms with Crippen LogP contribution < -0.4 is 10.6 Å². The molecule has 0 fully saturated rings. The second-order valence-electron chi connectivity index (χ2n) is 4.45. The van der Waals surface area contributed by atoms with Crippen LogP contribution in [0.2, 0.25) is 0 Å². The Labute approximate surface area is 114 Å². The Morgan fingerprint density at radius 1 is 1.39 bits per heavy atom. The van der Waals surface area contributed by atoms with E-state index in [-0.39, 0.29) is 0 Å². The molecule has 4 nitrogen and oxygen atoms in total. The first-order valence-corrected chi connectivity index (χ1v) is 7.51. The van der Waals surface area contributed by atoms with Gasteiger partial charge in [-0.25, -0.2) is 9.98 Å². The number of hydrogen-bond acceptors (Lipinski definition) is 3. The minimum absolute atomic E-state index is 0.499. The van der Waals surface area contributed by atoms with Gasteiger partial charge in [-0.1, -0.05) is 20.8 Å².